The zero-order valence-electron chi connectivity index (χ0n) is 11.2. The van der Waals surface area contributed by atoms with E-state index in [4.69, 9.17) is 10.6 Å². The first-order valence-corrected chi connectivity index (χ1v) is 6.31. The molecule has 19 heavy (non-hydrogen) atoms. The molecular formula is C11H19N7O. The number of likely N-dealkylation sites (N-methyl/N-ethyl adjacent to an activating group) is 1. The van der Waals surface area contributed by atoms with Gasteiger partial charge in [0.05, 0.1) is 6.20 Å². The van der Waals surface area contributed by atoms with E-state index in [1.807, 2.05) is 0 Å². The monoisotopic (exact) mass is 265 g/mol. The minimum Gasteiger partial charge on any atom is -0.476 e. The van der Waals surface area contributed by atoms with Crippen molar-refractivity contribution in [1.82, 2.24) is 25.1 Å². The molecule has 0 fully saturated rings. The maximum atomic E-state index is 5.71. The van der Waals surface area contributed by atoms with Crippen LogP contribution in [-0.4, -0.2) is 51.3 Å². The van der Waals surface area contributed by atoms with Gasteiger partial charge in [-0.1, -0.05) is 13.8 Å². The first kappa shape index (κ1) is 13.5. The number of rotatable bonds is 7. The number of nitrogen functional groups attached to an aromatic ring is 1. The number of fused-ring (bicyclic) bond motifs is 1. The number of aromatic amines is 1. The molecule has 8 nitrogen and oxygen atoms in total. The van der Waals surface area contributed by atoms with E-state index in [1.54, 1.807) is 6.20 Å². The Morgan fingerprint density at radius 2 is 2.16 bits per heavy atom. The molecule has 0 aromatic carbocycles. The van der Waals surface area contributed by atoms with Crippen molar-refractivity contribution < 1.29 is 4.74 Å². The smallest absolute Gasteiger partial charge is 0.242 e. The summed E-state index contributed by atoms with van der Waals surface area (Å²) in [5.74, 6) is 6.11. The number of hydrogen-bond acceptors (Lipinski definition) is 7. The fourth-order valence-corrected chi connectivity index (χ4v) is 1.79. The van der Waals surface area contributed by atoms with Crippen LogP contribution in [0.3, 0.4) is 0 Å². The Morgan fingerprint density at radius 1 is 1.37 bits per heavy atom. The van der Waals surface area contributed by atoms with Crippen molar-refractivity contribution in [3.63, 3.8) is 0 Å². The quantitative estimate of drug-likeness (QED) is 0.490. The highest BCUT2D eigenvalue weighted by atomic mass is 16.5. The average molecular weight is 265 g/mol. The zero-order valence-corrected chi connectivity index (χ0v) is 11.2. The Kier molecular flexibility index (Phi) is 4.48. The molecular weight excluding hydrogens is 246 g/mol. The highest BCUT2D eigenvalue weighted by Crippen LogP contribution is 2.21. The highest BCUT2D eigenvalue weighted by Gasteiger charge is 2.10. The van der Waals surface area contributed by atoms with Crippen LogP contribution in [0, 0.1) is 0 Å². The van der Waals surface area contributed by atoms with E-state index in [1.165, 1.54) is 0 Å². The Balaban J connectivity index is 2.08. The van der Waals surface area contributed by atoms with Crippen molar-refractivity contribution in [1.29, 1.82) is 0 Å². The number of hydrogen-bond donors (Lipinski definition) is 3. The third-order valence-electron chi connectivity index (χ3n) is 2.94. The summed E-state index contributed by atoms with van der Waals surface area (Å²) in [6, 6.07) is 0. The molecule has 2 aromatic rings. The molecule has 0 spiro atoms. The fourth-order valence-electron chi connectivity index (χ4n) is 1.79. The third-order valence-corrected chi connectivity index (χ3v) is 2.94. The second-order valence-corrected chi connectivity index (χ2v) is 4.00. The van der Waals surface area contributed by atoms with Gasteiger partial charge in [-0.15, -0.1) is 0 Å². The molecule has 0 saturated carbocycles. The van der Waals surface area contributed by atoms with E-state index in [0.29, 0.717) is 24.1 Å². The number of nitrogens with one attached hydrogen (secondary N) is 2. The second-order valence-electron chi connectivity index (χ2n) is 4.00. The molecule has 2 rings (SSSR count). The molecule has 0 radical (unpaired) electrons. The van der Waals surface area contributed by atoms with Crippen LogP contribution < -0.4 is 16.0 Å². The first-order valence-electron chi connectivity index (χ1n) is 6.31. The van der Waals surface area contributed by atoms with Crippen molar-refractivity contribution >= 4 is 17.0 Å². The molecule has 2 heterocycles. The normalized spacial score (nSPS) is 11.2. The molecule has 0 unspecified atom stereocenters. The SMILES string of the molecule is CCN(CC)CCOc1nc(NN)nc2[nH]ncc12. The van der Waals surface area contributed by atoms with E-state index in [0.717, 1.165) is 25.0 Å². The Hall–Kier alpha value is -1.93. The van der Waals surface area contributed by atoms with Crippen LogP contribution in [0.1, 0.15) is 13.8 Å². The van der Waals surface area contributed by atoms with Gasteiger partial charge < -0.3 is 9.64 Å². The summed E-state index contributed by atoms with van der Waals surface area (Å²) < 4.78 is 5.71. The third kappa shape index (κ3) is 3.09. The number of nitrogens with two attached hydrogens (primary N) is 1. The lowest BCUT2D eigenvalue weighted by Gasteiger charge is -2.17. The van der Waals surface area contributed by atoms with E-state index in [9.17, 15) is 0 Å². The van der Waals surface area contributed by atoms with Gasteiger partial charge >= 0.3 is 0 Å². The van der Waals surface area contributed by atoms with Gasteiger partial charge in [0.15, 0.2) is 5.65 Å². The van der Waals surface area contributed by atoms with Crippen molar-refractivity contribution in [3.05, 3.63) is 6.20 Å². The molecule has 4 N–H and O–H groups in total. The van der Waals surface area contributed by atoms with Crippen LogP contribution in [0.15, 0.2) is 6.20 Å². The fraction of sp³-hybridized carbons (Fsp3) is 0.545. The molecule has 104 valence electrons. The topological polar surface area (TPSA) is 105 Å². The predicted octanol–water partition coefficient (Wildman–Crippen LogP) is 0.359. The largest absolute Gasteiger partial charge is 0.476 e. The summed E-state index contributed by atoms with van der Waals surface area (Å²) in [7, 11) is 0. The molecule has 0 saturated heterocycles. The number of hydrazine groups is 1. The lowest BCUT2D eigenvalue weighted by molar-refractivity contribution is 0.219. The minimum absolute atomic E-state index is 0.301. The number of anilines is 1. The van der Waals surface area contributed by atoms with Gasteiger partial charge in [0.2, 0.25) is 11.8 Å². The van der Waals surface area contributed by atoms with E-state index >= 15 is 0 Å². The summed E-state index contributed by atoms with van der Waals surface area (Å²) in [5.41, 5.74) is 3.01. The van der Waals surface area contributed by atoms with Gasteiger partial charge in [-0.2, -0.15) is 15.1 Å². The molecule has 2 aromatic heterocycles. The van der Waals surface area contributed by atoms with E-state index < -0.39 is 0 Å². The van der Waals surface area contributed by atoms with Gasteiger partial charge in [-0.05, 0) is 13.1 Å². The predicted molar refractivity (Wildman–Crippen MR) is 72.8 cm³/mol. The molecule has 0 aliphatic heterocycles. The number of aromatic nitrogens is 4. The van der Waals surface area contributed by atoms with Crippen LogP contribution in [0.4, 0.5) is 5.95 Å². The van der Waals surface area contributed by atoms with Crippen LogP contribution >= 0.6 is 0 Å². The first-order chi connectivity index (χ1) is 9.28. The number of ether oxygens (including phenoxy) is 1. The maximum absolute atomic E-state index is 5.71. The molecule has 0 aliphatic rings. The van der Waals surface area contributed by atoms with Gasteiger partial charge in [-0.25, -0.2) is 5.84 Å². The van der Waals surface area contributed by atoms with Gasteiger partial charge in [0.25, 0.3) is 0 Å². The average Bonchev–Trinajstić information content (AvgIpc) is 2.91. The molecule has 0 bridgehead atoms. The van der Waals surface area contributed by atoms with Crippen molar-refractivity contribution in [2.45, 2.75) is 13.8 Å². The highest BCUT2D eigenvalue weighted by molar-refractivity contribution is 5.80. The Bertz CT molecular complexity index is 523. The van der Waals surface area contributed by atoms with Crippen molar-refractivity contribution in [3.8, 4) is 5.88 Å². The van der Waals surface area contributed by atoms with Crippen LogP contribution in [-0.2, 0) is 0 Å². The van der Waals surface area contributed by atoms with Crippen LogP contribution in [0.5, 0.6) is 5.88 Å². The van der Waals surface area contributed by atoms with Gasteiger partial charge in [0, 0.05) is 6.54 Å². The molecule has 0 amide bonds. The lowest BCUT2D eigenvalue weighted by Crippen LogP contribution is -2.28. The standard InChI is InChI=1S/C11H19N7O/c1-3-18(4-2)5-6-19-10-8-7-13-17-9(8)14-11(15-10)16-12/h7H,3-6,12H2,1-2H3,(H2,13,14,15,16,17). The molecule has 8 heteroatoms. The molecule has 0 atom stereocenters. The number of H-pyrrole nitrogens is 1. The maximum Gasteiger partial charge on any atom is 0.242 e. The summed E-state index contributed by atoms with van der Waals surface area (Å²) in [6.07, 6.45) is 1.64. The van der Waals surface area contributed by atoms with Crippen LogP contribution in [0.2, 0.25) is 0 Å². The van der Waals surface area contributed by atoms with Crippen LogP contribution in [0.25, 0.3) is 11.0 Å². The van der Waals surface area contributed by atoms with Gasteiger partial charge in [0.1, 0.15) is 12.0 Å². The second kappa shape index (κ2) is 6.30. The van der Waals surface area contributed by atoms with E-state index in [2.05, 4.69) is 44.3 Å². The summed E-state index contributed by atoms with van der Waals surface area (Å²) in [6.45, 7) is 7.66. The number of nitrogens with zero attached hydrogens (tertiary/aromatic N) is 4. The minimum atomic E-state index is 0.301. The Morgan fingerprint density at radius 3 is 2.84 bits per heavy atom. The summed E-state index contributed by atoms with van der Waals surface area (Å²) in [5, 5.41) is 7.44. The lowest BCUT2D eigenvalue weighted by atomic mass is 10.4. The van der Waals surface area contributed by atoms with Gasteiger partial charge in [-0.3, -0.25) is 10.5 Å². The zero-order chi connectivity index (χ0) is 13.7. The molecule has 0 aliphatic carbocycles. The summed E-state index contributed by atoms with van der Waals surface area (Å²) >= 11 is 0. The summed E-state index contributed by atoms with van der Waals surface area (Å²) in [4.78, 5) is 10.6. The van der Waals surface area contributed by atoms with E-state index in [-0.39, 0.29) is 0 Å². The van der Waals surface area contributed by atoms with Crippen molar-refractivity contribution in [2.75, 3.05) is 31.7 Å². The van der Waals surface area contributed by atoms with Crippen molar-refractivity contribution in [2.24, 2.45) is 5.84 Å². The Labute approximate surface area is 111 Å².